The van der Waals surface area contributed by atoms with Crippen molar-refractivity contribution in [1.82, 2.24) is 38.2 Å². The fraction of sp³-hybridized carbons (Fsp3) is 0.111. The number of hydrogen-bond acceptors (Lipinski definition) is 8. The van der Waals surface area contributed by atoms with Crippen molar-refractivity contribution >= 4 is 31.9 Å². The van der Waals surface area contributed by atoms with Gasteiger partial charge >= 0.3 is 6.18 Å². The van der Waals surface area contributed by atoms with Crippen molar-refractivity contribution in [3.05, 3.63) is 221 Å². The number of pyridine rings is 4. The minimum atomic E-state index is -4.55. The Kier molecular flexibility index (Phi) is 13.2. The van der Waals surface area contributed by atoms with E-state index in [-0.39, 0.29) is 11.4 Å². The third-order valence-corrected chi connectivity index (χ3v) is 10.5. The second kappa shape index (κ2) is 19.0. The van der Waals surface area contributed by atoms with Crippen LogP contribution in [0.4, 0.5) is 13.2 Å². The summed E-state index contributed by atoms with van der Waals surface area (Å²) in [5, 5.41) is 17.8. The van der Waals surface area contributed by atoms with Crippen molar-refractivity contribution in [3.8, 4) is 23.8 Å². The van der Waals surface area contributed by atoms with Gasteiger partial charge in [-0.25, -0.2) is 19.9 Å². The van der Waals surface area contributed by atoms with Crippen LogP contribution in [0.1, 0.15) is 50.6 Å². The molecule has 308 valence electrons. The van der Waals surface area contributed by atoms with Crippen molar-refractivity contribution in [3.63, 3.8) is 0 Å². The summed E-state index contributed by atoms with van der Waals surface area (Å²) in [6, 6.07) is 29.3. The van der Waals surface area contributed by atoms with E-state index in [1.807, 2.05) is 65.5 Å². The summed E-state index contributed by atoms with van der Waals surface area (Å²) in [6.07, 6.45) is 9.64. The summed E-state index contributed by atoms with van der Waals surface area (Å²) in [6.45, 7) is 1.08. The van der Waals surface area contributed by atoms with Crippen LogP contribution in [0, 0.1) is 22.7 Å². The van der Waals surface area contributed by atoms with E-state index in [2.05, 4.69) is 68.5 Å². The molecule has 6 heterocycles. The van der Waals surface area contributed by atoms with Crippen molar-refractivity contribution in [1.29, 1.82) is 10.5 Å². The molecule has 2 aromatic carbocycles. The van der Waals surface area contributed by atoms with E-state index < -0.39 is 17.3 Å². The highest BCUT2D eigenvalue weighted by Gasteiger charge is 2.31. The molecule has 6 aromatic heterocycles. The van der Waals surface area contributed by atoms with Gasteiger partial charge in [0.1, 0.15) is 23.3 Å². The average molecular weight is 961 g/mol. The molecule has 0 unspecified atom stereocenters. The Labute approximate surface area is 368 Å². The fourth-order valence-electron chi connectivity index (χ4n) is 6.28. The first-order valence-electron chi connectivity index (χ1n) is 18.6. The second-order valence-electron chi connectivity index (χ2n) is 13.8. The maximum Gasteiger partial charge on any atom is 0.417 e. The molecule has 8 aromatic rings. The van der Waals surface area contributed by atoms with E-state index in [0.29, 0.717) is 47.3 Å². The lowest BCUT2D eigenvalue weighted by Crippen LogP contribution is -2.20. The summed E-state index contributed by atoms with van der Waals surface area (Å²) >= 11 is 6.67. The van der Waals surface area contributed by atoms with Crippen LogP contribution < -0.4 is 11.1 Å². The maximum absolute atomic E-state index is 13.0. The summed E-state index contributed by atoms with van der Waals surface area (Å²) in [5.41, 5.74) is 3.44. The summed E-state index contributed by atoms with van der Waals surface area (Å²) in [5.74, 6) is 2.39. The Bertz CT molecular complexity index is 3040. The van der Waals surface area contributed by atoms with Crippen molar-refractivity contribution in [2.45, 2.75) is 32.1 Å². The van der Waals surface area contributed by atoms with Gasteiger partial charge in [-0.05, 0) is 103 Å². The molecule has 0 fully saturated rings. The molecule has 17 heteroatoms. The zero-order chi connectivity index (χ0) is 43.8. The molecule has 0 aliphatic carbocycles. The van der Waals surface area contributed by atoms with Gasteiger partial charge in [-0.3, -0.25) is 18.7 Å². The molecule has 8 rings (SSSR count). The Morgan fingerprint density at radius 3 is 1.53 bits per heavy atom. The normalized spacial score (nSPS) is 11.0. The van der Waals surface area contributed by atoms with E-state index in [1.165, 1.54) is 16.8 Å². The van der Waals surface area contributed by atoms with E-state index in [4.69, 9.17) is 10.5 Å². The number of imidazole rings is 2. The Morgan fingerprint density at radius 1 is 0.597 bits per heavy atom. The molecule has 0 bridgehead atoms. The minimum Gasteiger partial charge on any atom is -0.330 e. The van der Waals surface area contributed by atoms with Crippen molar-refractivity contribution in [2.75, 3.05) is 0 Å². The number of aromatic nitrogens is 8. The van der Waals surface area contributed by atoms with Crippen LogP contribution in [0.3, 0.4) is 0 Å². The molecule has 0 aliphatic heterocycles. The first-order chi connectivity index (χ1) is 29.9. The molecule has 0 radical (unpaired) electrons. The number of alkyl halides is 3. The number of rotatable bonds is 10. The SMILES string of the molecule is N#Cc1ccc(Cc2nccn2Cc2ccc(-n3cc(Br)cc(Br)c3=O)nc2)cc1.N#Cc1ccc(Cc2nccn2Cc2ccc(-n3cc(C(F)(F)F)ccc3=O)nc2)cc1. The monoisotopic (exact) mass is 958 g/mol. The van der Waals surface area contributed by atoms with Crippen LogP contribution in [0.25, 0.3) is 11.6 Å². The number of nitrogens with zero attached hydrogens (tertiary/aromatic N) is 10. The predicted molar refractivity (Wildman–Crippen MR) is 231 cm³/mol. The van der Waals surface area contributed by atoms with Gasteiger partial charge in [0.15, 0.2) is 0 Å². The topological polar surface area (TPSA) is 153 Å². The molecule has 0 atom stereocenters. The van der Waals surface area contributed by atoms with Crippen LogP contribution in [0.15, 0.2) is 159 Å². The maximum atomic E-state index is 13.0. The molecule has 0 saturated heterocycles. The average Bonchev–Trinajstić information content (AvgIpc) is 3.91. The Morgan fingerprint density at radius 2 is 1.08 bits per heavy atom. The third kappa shape index (κ3) is 10.6. The first-order valence-corrected chi connectivity index (χ1v) is 20.2. The lowest BCUT2D eigenvalue weighted by atomic mass is 10.1. The molecule has 0 saturated carbocycles. The number of nitriles is 2. The Balaban J connectivity index is 0.000000187. The highest BCUT2D eigenvalue weighted by atomic mass is 79.9. The van der Waals surface area contributed by atoms with Crippen LogP contribution >= 0.6 is 31.9 Å². The zero-order valence-electron chi connectivity index (χ0n) is 32.3. The number of benzene rings is 2. The summed E-state index contributed by atoms with van der Waals surface area (Å²) < 4.78 is 46.5. The fourth-order valence-corrected chi connectivity index (χ4v) is 7.46. The van der Waals surface area contributed by atoms with Gasteiger partial charge in [0.2, 0.25) is 0 Å². The molecule has 0 aliphatic rings. The van der Waals surface area contributed by atoms with Crippen LogP contribution in [-0.4, -0.2) is 38.2 Å². The van der Waals surface area contributed by atoms with Gasteiger partial charge in [-0.1, -0.05) is 36.4 Å². The van der Waals surface area contributed by atoms with Crippen molar-refractivity contribution < 1.29 is 13.2 Å². The molecular formula is C45H31Br2F3N10O2. The largest absolute Gasteiger partial charge is 0.417 e. The van der Waals surface area contributed by atoms with Crippen LogP contribution in [0.2, 0.25) is 0 Å². The van der Waals surface area contributed by atoms with Gasteiger partial charge in [0.05, 0.1) is 46.4 Å². The van der Waals surface area contributed by atoms with E-state index in [0.717, 1.165) is 61.3 Å². The zero-order valence-corrected chi connectivity index (χ0v) is 35.5. The smallest absolute Gasteiger partial charge is 0.330 e. The summed E-state index contributed by atoms with van der Waals surface area (Å²) in [4.78, 5) is 41.9. The van der Waals surface area contributed by atoms with Crippen molar-refractivity contribution in [2.24, 2.45) is 0 Å². The highest BCUT2D eigenvalue weighted by molar-refractivity contribution is 9.11. The quantitative estimate of drug-likeness (QED) is 0.133. The van der Waals surface area contributed by atoms with Gasteiger partial charge in [0.25, 0.3) is 11.1 Å². The molecule has 12 nitrogen and oxygen atoms in total. The van der Waals surface area contributed by atoms with Gasteiger partial charge < -0.3 is 9.13 Å². The van der Waals surface area contributed by atoms with E-state index >= 15 is 0 Å². The molecule has 62 heavy (non-hydrogen) atoms. The third-order valence-electron chi connectivity index (χ3n) is 9.49. The molecular weight excluding hydrogens is 929 g/mol. The minimum absolute atomic E-state index is 0.105. The van der Waals surface area contributed by atoms with Gasteiger partial charge in [-0.2, -0.15) is 23.7 Å². The van der Waals surface area contributed by atoms with Gasteiger partial charge in [0, 0.05) is 73.0 Å². The van der Waals surface area contributed by atoms with Crippen LogP contribution in [0.5, 0.6) is 0 Å². The van der Waals surface area contributed by atoms with E-state index in [9.17, 15) is 22.8 Å². The second-order valence-corrected chi connectivity index (χ2v) is 15.5. The Hall–Kier alpha value is -7.21. The highest BCUT2D eigenvalue weighted by Crippen LogP contribution is 2.28. The number of hydrogen-bond donors (Lipinski definition) is 0. The predicted octanol–water partition coefficient (Wildman–Crippen LogP) is 8.42. The number of halogens is 5. The molecule has 0 spiro atoms. The lowest BCUT2D eigenvalue weighted by molar-refractivity contribution is -0.138. The molecule has 0 amide bonds. The van der Waals surface area contributed by atoms with Gasteiger partial charge in [-0.15, -0.1) is 0 Å². The lowest BCUT2D eigenvalue weighted by Gasteiger charge is -2.11. The first kappa shape index (κ1) is 42.9. The van der Waals surface area contributed by atoms with Crippen LogP contribution in [-0.2, 0) is 32.1 Å². The standard InChI is InChI=1S/C23H16F3N5O.C22H15Br2N5O/c24-23(25,26)19-6-8-22(32)31(15-19)20-7-5-18(13-29-20)14-30-10-9-28-21(30)11-16-1-3-17(12-27)4-2-16;23-18-10-19(24)22(30)29(14-18)20-6-5-17(12-27-20)13-28-8-7-26-21(28)9-15-1-3-16(11-25)4-2-15/h1-10,13,15H,11,14H2;1-8,10,12,14H,9,13H2. The summed E-state index contributed by atoms with van der Waals surface area (Å²) in [7, 11) is 0. The van der Waals surface area contributed by atoms with E-state index in [1.54, 1.807) is 49.1 Å². The molecule has 0 N–H and O–H groups in total.